The Morgan fingerprint density at radius 1 is 0.805 bits per heavy atom. The van der Waals surface area contributed by atoms with Crippen molar-refractivity contribution < 1.29 is 33.6 Å². The minimum absolute atomic E-state index is 0.209. The summed E-state index contributed by atoms with van der Waals surface area (Å²) in [7, 11) is 3.05. The highest BCUT2D eigenvalue weighted by Crippen LogP contribution is 2.34. The lowest BCUT2D eigenvalue weighted by molar-refractivity contribution is 0.0696. The van der Waals surface area contributed by atoms with E-state index in [1.54, 1.807) is 36.4 Å². The fourth-order valence-corrected chi connectivity index (χ4v) is 4.53. The molecule has 0 aliphatic rings. The molecule has 41 heavy (non-hydrogen) atoms. The van der Waals surface area contributed by atoms with Gasteiger partial charge in [-0.3, -0.25) is 4.79 Å². The van der Waals surface area contributed by atoms with E-state index < -0.39 is 11.9 Å². The first kappa shape index (κ1) is 29.4. The first-order valence-corrected chi connectivity index (χ1v) is 13.5. The molecule has 0 unspecified atom stereocenters. The lowest BCUT2D eigenvalue weighted by Gasteiger charge is -2.14. The molecule has 0 fully saturated rings. The van der Waals surface area contributed by atoms with Crippen LogP contribution in [0.15, 0.2) is 90.0 Å². The van der Waals surface area contributed by atoms with Crippen LogP contribution in [0.5, 0.6) is 23.0 Å². The van der Waals surface area contributed by atoms with Gasteiger partial charge < -0.3 is 24.1 Å². The van der Waals surface area contributed by atoms with Gasteiger partial charge in [0.2, 0.25) is 0 Å². The predicted molar refractivity (Wildman–Crippen MR) is 162 cm³/mol. The van der Waals surface area contributed by atoms with Gasteiger partial charge >= 0.3 is 5.97 Å². The average molecular weight is 666 g/mol. The Morgan fingerprint density at radius 3 is 2.15 bits per heavy atom. The number of ether oxygens (including phenoxy) is 4. The number of halogens is 1. The number of amides is 1. The maximum absolute atomic E-state index is 12.7. The highest BCUT2D eigenvalue weighted by molar-refractivity contribution is 14.1. The number of rotatable bonds is 12. The second kappa shape index (κ2) is 14.2. The van der Waals surface area contributed by atoms with Crippen molar-refractivity contribution in [1.82, 2.24) is 5.43 Å². The minimum Gasteiger partial charge on any atom is -0.493 e. The van der Waals surface area contributed by atoms with Crippen molar-refractivity contribution in [3.63, 3.8) is 0 Å². The van der Waals surface area contributed by atoms with E-state index in [4.69, 9.17) is 24.1 Å². The zero-order chi connectivity index (χ0) is 29.2. The van der Waals surface area contributed by atoms with Gasteiger partial charge in [-0.15, -0.1) is 0 Å². The van der Waals surface area contributed by atoms with E-state index in [0.29, 0.717) is 40.7 Å². The second-order valence-corrected chi connectivity index (χ2v) is 9.83. The maximum atomic E-state index is 12.7. The van der Waals surface area contributed by atoms with E-state index in [9.17, 15) is 9.59 Å². The van der Waals surface area contributed by atoms with Gasteiger partial charge in [0.1, 0.15) is 13.2 Å². The summed E-state index contributed by atoms with van der Waals surface area (Å²) in [6, 6.07) is 24.7. The van der Waals surface area contributed by atoms with Crippen molar-refractivity contribution in [2.45, 2.75) is 13.2 Å². The van der Waals surface area contributed by atoms with Crippen molar-refractivity contribution in [1.29, 1.82) is 0 Å². The molecular formula is C31H27IN2O7. The third-order valence-electron chi connectivity index (χ3n) is 5.88. The Labute approximate surface area is 250 Å². The van der Waals surface area contributed by atoms with Gasteiger partial charge in [-0.05, 0) is 81.7 Å². The summed E-state index contributed by atoms with van der Waals surface area (Å²) in [5, 5.41) is 13.1. The maximum Gasteiger partial charge on any atom is 0.335 e. The van der Waals surface area contributed by atoms with Crippen LogP contribution in [0, 0.1) is 3.57 Å². The van der Waals surface area contributed by atoms with Crippen LogP contribution in [-0.4, -0.2) is 37.4 Å². The number of nitrogens with one attached hydrogen (secondary N) is 1. The van der Waals surface area contributed by atoms with Crippen LogP contribution in [0.25, 0.3) is 0 Å². The van der Waals surface area contributed by atoms with E-state index in [1.165, 1.54) is 32.6 Å². The van der Waals surface area contributed by atoms with Crippen LogP contribution in [0.4, 0.5) is 0 Å². The first-order chi connectivity index (χ1) is 19.9. The molecule has 0 heterocycles. The standard InChI is InChI=1S/C31H27IN2O7/c1-38-27-16-24(12-13-26(27)40-18-20-6-4-3-5-7-20)30(35)34-33-17-22-14-25(32)29(28(15-22)39-2)41-19-21-8-10-23(11-9-21)31(36)37/h3-17H,18-19H2,1-2H3,(H,34,35)(H,36,37)/b33-17+. The van der Waals surface area contributed by atoms with Crippen LogP contribution in [0.1, 0.15) is 37.4 Å². The Kier molecular flexibility index (Phi) is 10.2. The molecule has 0 spiro atoms. The zero-order valence-corrected chi connectivity index (χ0v) is 24.5. The summed E-state index contributed by atoms with van der Waals surface area (Å²) in [6.45, 7) is 0.605. The third-order valence-corrected chi connectivity index (χ3v) is 6.68. The fraction of sp³-hybridized carbons (Fsp3) is 0.129. The van der Waals surface area contributed by atoms with E-state index in [-0.39, 0.29) is 12.2 Å². The molecule has 0 saturated heterocycles. The predicted octanol–water partition coefficient (Wildman–Crippen LogP) is 5.93. The minimum atomic E-state index is -0.983. The number of carboxylic acid groups (broad SMARTS) is 1. The fourth-order valence-electron chi connectivity index (χ4n) is 3.75. The quantitative estimate of drug-likeness (QED) is 0.110. The molecule has 4 rings (SSSR count). The van der Waals surface area contributed by atoms with Gasteiger partial charge in [-0.25, -0.2) is 10.2 Å². The summed E-state index contributed by atoms with van der Waals surface area (Å²) in [5.41, 5.74) is 5.61. The van der Waals surface area contributed by atoms with E-state index in [0.717, 1.165) is 14.7 Å². The molecule has 1 amide bonds. The summed E-state index contributed by atoms with van der Waals surface area (Å²) in [6.07, 6.45) is 1.51. The molecular weight excluding hydrogens is 639 g/mol. The smallest absolute Gasteiger partial charge is 0.335 e. The molecule has 0 aromatic heterocycles. The van der Waals surface area contributed by atoms with Gasteiger partial charge in [0.05, 0.1) is 29.6 Å². The van der Waals surface area contributed by atoms with Crippen molar-refractivity contribution in [2.24, 2.45) is 5.10 Å². The van der Waals surface area contributed by atoms with Crippen molar-refractivity contribution >= 4 is 40.7 Å². The van der Waals surface area contributed by atoms with Gasteiger partial charge in [0.25, 0.3) is 5.91 Å². The number of carbonyl (C=O) groups excluding carboxylic acids is 1. The SMILES string of the molecule is COc1cc(C(=O)N/N=C/c2cc(I)c(OCc3ccc(C(=O)O)cc3)c(OC)c2)ccc1OCc1ccccc1. The van der Waals surface area contributed by atoms with E-state index in [2.05, 4.69) is 33.1 Å². The molecule has 210 valence electrons. The summed E-state index contributed by atoms with van der Waals surface area (Å²) >= 11 is 2.13. The molecule has 10 heteroatoms. The molecule has 0 saturated carbocycles. The van der Waals surface area contributed by atoms with Crippen molar-refractivity contribution in [3.05, 3.63) is 116 Å². The summed E-state index contributed by atoms with van der Waals surface area (Å²) < 4.78 is 23.5. The van der Waals surface area contributed by atoms with Crippen LogP contribution in [-0.2, 0) is 13.2 Å². The van der Waals surface area contributed by atoms with Gasteiger partial charge in [0.15, 0.2) is 23.0 Å². The molecule has 0 atom stereocenters. The van der Waals surface area contributed by atoms with Crippen LogP contribution in [0.3, 0.4) is 0 Å². The molecule has 4 aromatic carbocycles. The lowest BCUT2D eigenvalue weighted by Crippen LogP contribution is -2.17. The van der Waals surface area contributed by atoms with Crippen molar-refractivity contribution in [2.75, 3.05) is 14.2 Å². The lowest BCUT2D eigenvalue weighted by atomic mass is 10.1. The van der Waals surface area contributed by atoms with Crippen LogP contribution >= 0.6 is 22.6 Å². The van der Waals surface area contributed by atoms with Crippen LogP contribution < -0.4 is 24.4 Å². The molecule has 0 bridgehead atoms. The summed E-state index contributed by atoms with van der Waals surface area (Å²) in [5.74, 6) is 0.595. The number of carboxylic acids is 1. The summed E-state index contributed by atoms with van der Waals surface area (Å²) in [4.78, 5) is 23.8. The largest absolute Gasteiger partial charge is 0.493 e. The molecule has 4 aromatic rings. The number of methoxy groups -OCH3 is 2. The number of aromatic carboxylic acids is 1. The highest BCUT2D eigenvalue weighted by Gasteiger charge is 2.13. The Hall–Kier alpha value is -4.58. The number of hydrazone groups is 1. The Balaban J connectivity index is 1.38. The first-order valence-electron chi connectivity index (χ1n) is 12.4. The second-order valence-electron chi connectivity index (χ2n) is 8.66. The van der Waals surface area contributed by atoms with E-state index >= 15 is 0 Å². The van der Waals surface area contributed by atoms with Crippen molar-refractivity contribution in [3.8, 4) is 23.0 Å². The number of hydrogen-bond donors (Lipinski definition) is 2. The normalized spacial score (nSPS) is 10.7. The monoisotopic (exact) mass is 666 g/mol. The molecule has 0 radical (unpaired) electrons. The van der Waals surface area contributed by atoms with Crippen LogP contribution in [0.2, 0.25) is 0 Å². The number of nitrogens with zero attached hydrogens (tertiary/aromatic N) is 1. The number of benzene rings is 4. The molecule has 2 N–H and O–H groups in total. The van der Waals surface area contributed by atoms with Gasteiger partial charge in [-0.2, -0.15) is 5.10 Å². The molecule has 0 aliphatic heterocycles. The Bertz CT molecular complexity index is 1540. The average Bonchev–Trinajstić information content (AvgIpc) is 2.99. The topological polar surface area (TPSA) is 116 Å². The van der Waals surface area contributed by atoms with Gasteiger partial charge in [-0.1, -0.05) is 42.5 Å². The number of carbonyl (C=O) groups is 2. The molecule has 0 aliphatic carbocycles. The zero-order valence-electron chi connectivity index (χ0n) is 22.3. The van der Waals surface area contributed by atoms with E-state index in [1.807, 2.05) is 36.4 Å². The number of hydrogen-bond acceptors (Lipinski definition) is 7. The molecule has 9 nitrogen and oxygen atoms in total. The Morgan fingerprint density at radius 2 is 1.46 bits per heavy atom. The van der Waals surface area contributed by atoms with Gasteiger partial charge in [0, 0.05) is 5.56 Å². The third kappa shape index (κ3) is 7.98. The highest BCUT2D eigenvalue weighted by atomic mass is 127.